The van der Waals surface area contributed by atoms with Crippen LogP contribution in [0.4, 0.5) is 0 Å². The molecule has 4 nitrogen and oxygen atoms in total. The smallest absolute Gasteiger partial charge is 0.242 e. The third kappa shape index (κ3) is 4.03. The molecule has 2 aliphatic rings. The zero-order valence-electron chi connectivity index (χ0n) is 12.6. The number of hydrogen-bond donors (Lipinski definition) is 2. The minimum atomic E-state index is -0.357. The van der Waals surface area contributed by atoms with Gasteiger partial charge in [-0.3, -0.25) is 9.59 Å². The fourth-order valence-corrected chi connectivity index (χ4v) is 4.25. The molecule has 0 aromatic heterocycles. The summed E-state index contributed by atoms with van der Waals surface area (Å²) in [6.07, 6.45) is 6.43. The predicted molar refractivity (Wildman–Crippen MR) is 87.6 cm³/mol. The molecule has 1 saturated heterocycles. The van der Waals surface area contributed by atoms with Crippen molar-refractivity contribution >= 4 is 23.6 Å². The molecule has 2 amide bonds. The van der Waals surface area contributed by atoms with Crippen molar-refractivity contribution < 1.29 is 9.59 Å². The van der Waals surface area contributed by atoms with Crippen LogP contribution >= 0.6 is 11.8 Å². The van der Waals surface area contributed by atoms with Crippen molar-refractivity contribution in [3.8, 4) is 0 Å². The summed E-state index contributed by atoms with van der Waals surface area (Å²) in [6.45, 7) is 0.513. The van der Waals surface area contributed by atoms with Gasteiger partial charge in [-0.2, -0.15) is 0 Å². The zero-order chi connectivity index (χ0) is 15.4. The van der Waals surface area contributed by atoms with Gasteiger partial charge in [-0.05, 0) is 37.0 Å². The lowest BCUT2D eigenvalue weighted by Crippen LogP contribution is -2.41. The fraction of sp³-hybridized carbons (Fsp3) is 0.529. The normalized spacial score (nSPS) is 21.8. The third-order valence-corrected chi connectivity index (χ3v) is 5.66. The first-order valence-electron chi connectivity index (χ1n) is 8.03. The molecule has 118 valence electrons. The number of hydrogen-bond acceptors (Lipinski definition) is 3. The quantitative estimate of drug-likeness (QED) is 0.877. The Hall–Kier alpha value is -1.49. The van der Waals surface area contributed by atoms with E-state index in [2.05, 4.69) is 34.9 Å². The summed E-state index contributed by atoms with van der Waals surface area (Å²) < 4.78 is 0. The largest absolute Gasteiger partial charge is 0.350 e. The summed E-state index contributed by atoms with van der Waals surface area (Å²) in [4.78, 5) is 24.4. The molecule has 1 unspecified atom stereocenters. The Balaban J connectivity index is 1.46. The predicted octanol–water partition coefficient (Wildman–Crippen LogP) is 2.62. The van der Waals surface area contributed by atoms with Crippen LogP contribution < -0.4 is 10.6 Å². The maximum atomic E-state index is 11.9. The molecule has 22 heavy (non-hydrogen) atoms. The minimum absolute atomic E-state index is 0.0339. The van der Waals surface area contributed by atoms with E-state index in [-0.39, 0.29) is 17.9 Å². The molecule has 0 spiro atoms. The molecule has 1 aliphatic heterocycles. The second-order valence-corrected chi connectivity index (χ2v) is 7.42. The SMILES string of the molecule is O=C1CCC(C(=O)NCc2ccc(SC3CCCC3)cc2)N1. The fourth-order valence-electron chi connectivity index (χ4n) is 3.01. The average Bonchev–Trinajstić information content (AvgIpc) is 3.18. The van der Waals surface area contributed by atoms with Crippen LogP contribution in [0.1, 0.15) is 44.1 Å². The highest BCUT2D eigenvalue weighted by atomic mass is 32.2. The van der Waals surface area contributed by atoms with Gasteiger partial charge in [0.1, 0.15) is 6.04 Å². The van der Waals surface area contributed by atoms with E-state index in [1.807, 2.05) is 11.8 Å². The Morgan fingerprint density at radius 1 is 1.18 bits per heavy atom. The van der Waals surface area contributed by atoms with E-state index in [9.17, 15) is 9.59 Å². The van der Waals surface area contributed by atoms with E-state index in [1.165, 1.54) is 30.6 Å². The molecule has 1 saturated carbocycles. The Morgan fingerprint density at radius 3 is 2.55 bits per heavy atom. The number of benzene rings is 1. The standard InChI is InChI=1S/C17H22N2O2S/c20-16-10-9-15(19-16)17(21)18-11-12-5-7-14(8-6-12)22-13-3-1-2-4-13/h5-8,13,15H,1-4,9-11H2,(H,18,21)(H,19,20). The number of rotatable bonds is 5. The van der Waals surface area contributed by atoms with Gasteiger partial charge >= 0.3 is 0 Å². The van der Waals surface area contributed by atoms with Crippen LogP contribution in [0.3, 0.4) is 0 Å². The van der Waals surface area contributed by atoms with Gasteiger partial charge in [0.05, 0.1) is 0 Å². The molecular weight excluding hydrogens is 296 g/mol. The summed E-state index contributed by atoms with van der Waals surface area (Å²) in [5.41, 5.74) is 1.09. The van der Waals surface area contributed by atoms with Crippen molar-refractivity contribution in [3.05, 3.63) is 29.8 Å². The molecule has 1 atom stereocenters. The number of carbonyl (C=O) groups is 2. The second kappa shape index (κ2) is 7.18. The van der Waals surface area contributed by atoms with Crippen LogP contribution in [-0.2, 0) is 16.1 Å². The molecule has 1 aromatic carbocycles. The van der Waals surface area contributed by atoms with Crippen molar-refractivity contribution in [1.29, 1.82) is 0 Å². The highest BCUT2D eigenvalue weighted by molar-refractivity contribution is 8.00. The lowest BCUT2D eigenvalue weighted by atomic mass is 10.2. The van der Waals surface area contributed by atoms with E-state index in [1.54, 1.807) is 0 Å². The van der Waals surface area contributed by atoms with Gasteiger partial charge in [0.15, 0.2) is 0 Å². The van der Waals surface area contributed by atoms with Crippen molar-refractivity contribution in [2.75, 3.05) is 0 Å². The van der Waals surface area contributed by atoms with E-state index >= 15 is 0 Å². The first-order chi connectivity index (χ1) is 10.7. The van der Waals surface area contributed by atoms with Gasteiger partial charge in [-0.25, -0.2) is 0 Å². The van der Waals surface area contributed by atoms with E-state index in [0.29, 0.717) is 19.4 Å². The topological polar surface area (TPSA) is 58.2 Å². The summed E-state index contributed by atoms with van der Waals surface area (Å²) in [5.74, 6) is -0.122. The van der Waals surface area contributed by atoms with Crippen LogP contribution in [-0.4, -0.2) is 23.1 Å². The molecule has 1 aliphatic carbocycles. The Morgan fingerprint density at radius 2 is 1.91 bits per heavy atom. The Kier molecular flexibility index (Phi) is 5.03. The van der Waals surface area contributed by atoms with Gasteiger partial charge in [-0.15, -0.1) is 11.8 Å². The van der Waals surface area contributed by atoms with Gasteiger partial charge in [0, 0.05) is 23.1 Å². The van der Waals surface area contributed by atoms with Gasteiger partial charge < -0.3 is 10.6 Å². The summed E-state index contributed by atoms with van der Waals surface area (Å²) >= 11 is 1.97. The highest BCUT2D eigenvalue weighted by Crippen LogP contribution is 2.34. The molecule has 2 N–H and O–H groups in total. The highest BCUT2D eigenvalue weighted by Gasteiger charge is 2.26. The first kappa shape index (κ1) is 15.4. The maximum absolute atomic E-state index is 11.9. The number of carbonyl (C=O) groups excluding carboxylic acids is 2. The zero-order valence-corrected chi connectivity index (χ0v) is 13.5. The first-order valence-corrected chi connectivity index (χ1v) is 8.91. The monoisotopic (exact) mass is 318 g/mol. The van der Waals surface area contributed by atoms with Gasteiger partial charge in [-0.1, -0.05) is 25.0 Å². The third-order valence-electron chi connectivity index (χ3n) is 4.31. The molecule has 0 bridgehead atoms. The molecule has 5 heteroatoms. The minimum Gasteiger partial charge on any atom is -0.350 e. The number of nitrogens with one attached hydrogen (secondary N) is 2. The Labute approximate surface area is 135 Å². The van der Waals surface area contributed by atoms with Crippen LogP contribution in [0.15, 0.2) is 29.2 Å². The van der Waals surface area contributed by atoms with Crippen molar-refractivity contribution in [2.45, 2.75) is 61.3 Å². The molecule has 1 heterocycles. The summed E-state index contributed by atoms with van der Waals surface area (Å²) in [6, 6.07) is 8.07. The van der Waals surface area contributed by atoms with Crippen molar-refractivity contribution in [1.82, 2.24) is 10.6 Å². The molecule has 2 fully saturated rings. The number of thioether (sulfide) groups is 1. The lowest BCUT2D eigenvalue weighted by molar-refractivity contribution is -0.125. The van der Waals surface area contributed by atoms with E-state index in [4.69, 9.17) is 0 Å². The van der Waals surface area contributed by atoms with Gasteiger partial charge in [0.2, 0.25) is 11.8 Å². The average molecular weight is 318 g/mol. The molecular formula is C17H22N2O2S. The van der Waals surface area contributed by atoms with Crippen LogP contribution in [0.2, 0.25) is 0 Å². The van der Waals surface area contributed by atoms with E-state index < -0.39 is 0 Å². The van der Waals surface area contributed by atoms with Crippen LogP contribution in [0.25, 0.3) is 0 Å². The molecule has 0 radical (unpaired) electrons. The van der Waals surface area contributed by atoms with Gasteiger partial charge in [0.25, 0.3) is 0 Å². The Bertz CT molecular complexity index is 538. The summed E-state index contributed by atoms with van der Waals surface area (Å²) in [7, 11) is 0. The van der Waals surface area contributed by atoms with Crippen LogP contribution in [0, 0.1) is 0 Å². The van der Waals surface area contributed by atoms with Crippen molar-refractivity contribution in [3.63, 3.8) is 0 Å². The number of amides is 2. The second-order valence-electron chi connectivity index (χ2n) is 6.04. The van der Waals surface area contributed by atoms with Crippen molar-refractivity contribution in [2.24, 2.45) is 0 Å². The molecule has 3 rings (SSSR count). The van der Waals surface area contributed by atoms with E-state index in [0.717, 1.165) is 10.8 Å². The maximum Gasteiger partial charge on any atom is 0.242 e. The molecule has 1 aromatic rings. The van der Waals surface area contributed by atoms with Crippen LogP contribution in [0.5, 0.6) is 0 Å². The summed E-state index contributed by atoms with van der Waals surface area (Å²) in [5, 5.41) is 6.35. The lowest BCUT2D eigenvalue weighted by Gasteiger charge is -2.12.